The lowest BCUT2D eigenvalue weighted by atomic mass is 9.99. The van der Waals surface area contributed by atoms with Crippen LogP contribution in [0.1, 0.15) is 47.4 Å². The van der Waals surface area contributed by atoms with Crippen LogP contribution in [0.2, 0.25) is 0 Å². The van der Waals surface area contributed by atoms with Gasteiger partial charge in [-0.15, -0.1) is 11.3 Å². The molecule has 0 aromatic carbocycles. The van der Waals surface area contributed by atoms with E-state index in [1.165, 1.54) is 51.4 Å². The maximum Gasteiger partial charge on any atom is 0.0159 e. The first kappa shape index (κ1) is 9.86. The third kappa shape index (κ3) is 2.11. The summed E-state index contributed by atoms with van der Waals surface area (Å²) in [4.78, 5) is 3.25. The second-order valence-corrected chi connectivity index (χ2v) is 6.45. The van der Waals surface area contributed by atoms with E-state index < -0.39 is 0 Å². The number of rotatable bonds is 3. The van der Waals surface area contributed by atoms with Crippen molar-refractivity contribution in [3.8, 4) is 0 Å². The van der Waals surface area contributed by atoms with Gasteiger partial charge >= 0.3 is 0 Å². The Morgan fingerprint density at radius 3 is 2.80 bits per heavy atom. The second kappa shape index (κ2) is 3.60. The van der Waals surface area contributed by atoms with Gasteiger partial charge in [0, 0.05) is 15.3 Å². The third-order valence-electron chi connectivity index (χ3n) is 3.81. The van der Waals surface area contributed by atoms with Crippen molar-refractivity contribution in [3.05, 3.63) is 21.4 Å². The molecule has 0 amide bonds. The van der Waals surface area contributed by atoms with Gasteiger partial charge in [0.2, 0.25) is 0 Å². The Balaban J connectivity index is 1.67. The number of fused-ring (bicyclic) bond motifs is 1. The molecule has 1 saturated carbocycles. The van der Waals surface area contributed by atoms with Gasteiger partial charge in [0.05, 0.1) is 0 Å². The molecule has 0 aliphatic heterocycles. The fraction of sp³-hybridized carbons (Fsp3) is 0.692. The van der Waals surface area contributed by atoms with E-state index in [0.29, 0.717) is 0 Å². The Morgan fingerprint density at radius 1 is 1.27 bits per heavy atom. The van der Waals surface area contributed by atoms with Crippen LogP contribution in [0.15, 0.2) is 6.07 Å². The van der Waals surface area contributed by atoms with Crippen molar-refractivity contribution in [2.45, 2.75) is 56.9 Å². The van der Waals surface area contributed by atoms with Gasteiger partial charge in [0.15, 0.2) is 0 Å². The first-order valence-electron chi connectivity index (χ1n) is 6.15. The molecule has 82 valence electrons. The summed E-state index contributed by atoms with van der Waals surface area (Å²) in [5, 5.41) is 0. The highest BCUT2D eigenvalue weighted by Gasteiger charge is 2.37. The highest BCUT2D eigenvalue weighted by Crippen LogP contribution is 2.38. The van der Waals surface area contributed by atoms with Gasteiger partial charge in [-0.25, -0.2) is 0 Å². The van der Waals surface area contributed by atoms with Crippen molar-refractivity contribution < 1.29 is 0 Å². The van der Waals surface area contributed by atoms with Crippen molar-refractivity contribution in [2.75, 3.05) is 0 Å². The predicted octanol–water partition coefficient (Wildman–Crippen LogP) is 3.05. The van der Waals surface area contributed by atoms with Crippen molar-refractivity contribution in [1.29, 1.82) is 0 Å². The summed E-state index contributed by atoms with van der Waals surface area (Å²) < 4.78 is 0. The molecule has 1 aromatic rings. The van der Waals surface area contributed by atoms with Gasteiger partial charge in [0.1, 0.15) is 0 Å². The molecule has 0 saturated heterocycles. The number of hydrogen-bond donors (Lipinski definition) is 1. The minimum absolute atomic E-state index is 0.227. The average Bonchev–Trinajstić information content (AvgIpc) is 2.83. The molecule has 1 heterocycles. The van der Waals surface area contributed by atoms with Gasteiger partial charge in [-0.2, -0.15) is 0 Å². The maximum absolute atomic E-state index is 6.12. The largest absolute Gasteiger partial charge is 0.325 e. The van der Waals surface area contributed by atoms with E-state index in [0.717, 1.165) is 0 Å². The van der Waals surface area contributed by atoms with Crippen LogP contribution >= 0.6 is 11.3 Å². The molecule has 15 heavy (non-hydrogen) atoms. The molecule has 2 heteroatoms. The van der Waals surface area contributed by atoms with E-state index in [-0.39, 0.29) is 5.54 Å². The second-order valence-electron chi connectivity index (χ2n) is 5.23. The molecule has 0 atom stereocenters. The lowest BCUT2D eigenvalue weighted by molar-refractivity contribution is 0.612. The number of aryl methyl sites for hydroxylation is 3. The van der Waals surface area contributed by atoms with Crippen LogP contribution in [0.25, 0.3) is 0 Å². The van der Waals surface area contributed by atoms with Crippen LogP contribution in [0, 0.1) is 0 Å². The summed E-state index contributed by atoms with van der Waals surface area (Å²) in [6.45, 7) is 0. The zero-order valence-electron chi connectivity index (χ0n) is 9.22. The van der Waals surface area contributed by atoms with E-state index >= 15 is 0 Å². The topological polar surface area (TPSA) is 26.0 Å². The highest BCUT2D eigenvalue weighted by atomic mass is 32.1. The maximum atomic E-state index is 6.12. The Labute approximate surface area is 95.7 Å². The fourth-order valence-electron chi connectivity index (χ4n) is 2.46. The minimum atomic E-state index is 0.227. The molecule has 2 N–H and O–H groups in total. The average molecular weight is 221 g/mol. The number of hydrogen-bond acceptors (Lipinski definition) is 2. The summed E-state index contributed by atoms with van der Waals surface area (Å²) in [5.74, 6) is 0. The third-order valence-corrected chi connectivity index (χ3v) is 5.11. The Hall–Kier alpha value is -0.340. The van der Waals surface area contributed by atoms with Crippen molar-refractivity contribution >= 4 is 11.3 Å². The zero-order valence-corrected chi connectivity index (χ0v) is 10.0. The van der Waals surface area contributed by atoms with Gasteiger partial charge < -0.3 is 5.73 Å². The van der Waals surface area contributed by atoms with Crippen molar-refractivity contribution in [3.63, 3.8) is 0 Å². The fourth-order valence-corrected chi connectivity index (χ4v) is 3.72. The molecule has 3 rings (SSSR count). The Morgan fingerprint density at radius 2 is 2.07 bits per heavy atom. The molecular weight excluding hydrogens is 202 g/mol. The number of nitrogens with two attached hydrogens (primary N) is 1. The van der Waals surface area contributed by atoms with Crippen molar-refractivity contribution in [2.24, 2.45) is 5.73 Å². The standard InChI is InChI=1S/C13H19NS/c14-13(7-8-13)6-5-11-9-10-3-1-2-4-12(10)15-11/h9H,1-8,14H2. The summed E-state index contributed by atoms with van der Waals surface area (Å²) in [7, 11) is 0. The molecule has 0 unspecified atom stereocenters. The quantitative estimate of drug-likeness (QED) is 0.834. The zero-order chi connectivity index (χ0) is 10.3. The Bertz CT molecular complexity index is 339. The van der Waals surface area contributed by atoms with E-state index in [4.69, 9.17) is 5.73 Å². The van der Waals surface area contributed by atoms with E-state index in [1.54, 1.807) is 15.3 Å². The van der Waals surface area contributed by atoms with Crippen molar-refractivity contribution in [1.82, 2.24) is 0 Å². The monoisotopic (exact) mass is 221 g/mol. The van der Waals surface area contributed by atoms with E-state index in [1.807, 2.05) is 11.3 Å². The Kier molecular flexibility index (Phi) is 2.37. The predicted molar refractivity (Wildman–Crippen MR) is 65.4 cm³/mol. The lowest BCUT2D eigenvalue weighted by Gasteiger charge is -2.08. The van der Waals surface area contributed by atoms with Crippen LogP contribution in [-0.2, 0) is 19.3 Å². The molecule has 2 aliphatic rings. The highest BCUT2D eigenvalue weighted by molar-refractivity contribution is 7.12. The van der Waals surface area contributed by atoms with Gasteiger partial charge in [-0.3, -0.25) is 0 Å². The molecule has 1 fully saturated rings. The molecule has 2 aliphatic carbocycles. The van der Waals surface area contributed by atoms with Gasteiger partial charge in [0.25, 0.3) is 0 Å². The molecule has 0 radical (unpaired) electrons. The first-order valence-corrected chi connectivity index (χ1v) is 6.96. The molecular formula is C13H19NS. The van der Waals surface area contributed by atoms with E-state index in [2.05, 4.69) is 6.07 Å². The van der Waals surface area contributed by atoms with Crippen LogP contribution in [0.4, 0.5) is 0 Å². The van der Waals surface area contributed by atoms with E-state index in [9.17, 15) is 0 Å². The first-order chi connectivity index (χ1) is 7.25. The molecule has 1 nitrogen and oxygen atoms in total. The minimum Gasteiger partial charge on any atom is -0.325 e. The summed E-state index contributed by atoms with van der Waals surface area (Å²) >= 11 is 2.05. The summed E-state index contributed by atoms with van der Waals surface area (Å²) in [6.07, 6.45) is 10.3. The summed E-state index contributed by atoms with van der Waals surface area (Å²) in [6, 6.07) is 2.45. The van der Waals surface area contributed by atoms with Crippen LogP contribution in [0.5, 0.6) is 0 Å². The van der Waals surface area contributed by atoms with Crippen LogP contribution < -0.4 is 5.73 Å². The van der Waals surface area contributed by atoms with Crippen LogP contribution in [0.3, 0.4) is 0 Å². The lowest BCUT2D eigenvalue weighted by Crippen LogP contribution is -2.21. The number of thiophene rings is 1. The van der Waals surface area contributed by atoms with Gasteiger partial charge in [-0.05, 0) is 63.0 Å². The molecule has 0 spiro atoms. The normalized spacial score (nSPS) is 22.5. The van der Waals surface area contributed by atoms with Crippen LogP contribution in [-0.4, -0.2) is 5.54 Å². The van der Waals surface area contributed by atoms with Gasteiger partial charge in [-0.1, -0.05) is 0 Å². The summed E-state index contributed by atoms with van der Waals surface area (Å²) in [5.41, 5.74) is 7.99. The SMILES string of the molecule is NC1(CCc2cc3c(s2)CCCC3)CC1. The smallest absolute Gasteiger partial charge is 0.0159 e. The molecule has 0 bridgehead atoms. The molecule has 1 aromatic heterocycles.